The van der Waals surface area contributed by atoms with Gasteiger partial charge in [-0.15, -0.1) is 0 Å². The molecule has 35 heavy (non-hydrogen) atoms. The Hall–Kier alpha value is -2.78. The summed E-state index contributed by atoms with van der Waals surface area (Å²) in [7, 11) is -1.98. The quantitative estimate of drug-likeness (QED) is 0.430. The van der Waals surface area contributed by atoms with Gasteiger partial charge in [-0.1, -0.05) is 30.7 Å². The first-order valence-corrected chi connectivity index (χ1v) is 13.7. The smallest absolute Gasteiger partial charge is 0.242 e. The van der Waals surface area contributed by atoms with Crippen LogP contribution in [0.5, 0.6) is 5.75 Å². The topological polar surface area (TPSA) is 96.0 Å². The predicted molar refractivity (Wildman–Crippen MR) is 139 cm³/mol. The number of anilines is 1. The van der Waals surface area contributed by atoms with Crippen LogP contribution in [0.3, 0.4) is 0 Å². The van der Waals surface area contributed by atoms with Crippen LogP contribution >= 0.6 is 11.6 Å². The van der Waals surface area contributed by atoms with Crippen LogP contribution in [0.2, 0.25) is 5.02 Å². The van der Waals surface area contributed by atoms with Gasteiger partial charge in [-0.05, 0) is 61.7 Å². The van der Waals surface area contributed by atoms with Crippen LogP contribution in [0.1, 0.15) is 38.7 Å². The van der Waals surface area contributed by atoms with Gasteiger partial charge in [-0.25, -0.2) is 8.42 Å². The molecule has 2 rings (SSSR count). The molecule has 2 aromatic rings. The first kappa shape index (κ1) is 28.5. The van der Waals surface area contributed by atoms with E-state index in [9.17, 15) is 18.0 Å². The lowest BCUT2D eigenvalue weighted by Crippen LogP contribution is -2.47. The zero-order valence-corrected chi connectivity index (χ0v) is 22.2. The summed E-state index contributed by atoms with van der Waals surface area (Å²) in [6, 6.07) is 13.1. The molecule has 0 aromatic heterocycles. The van der Waals surface area contributed by atoms with E-state index in [-0.39, 0.29) is 37.7 Å². The number of halogens is 1. The van der Waals surface area contributed by atoms with E-state index in [0.717, 1.165) is 18.2 Å². The van der Waals surface area contributed by atoms with E-state index in [1.165, 1.54) is 9.21 Å². The average molecular weight is 524 g/mol. The van der Waals surface area contributed by atoms with Crippen molar-refractivity contribution in [2.24, 2.45) is 0 Å². The molecule has 0 unspecified atom stereocenters. The zero-order valence-electron chi connectivity index (χ0n) is 20.7. The number of nitrogens with one attached hydrogen (secondary N) is 1. The van der Waals surface area contributed by atoms with Gasteiger partial charge in [-0.3, -0.25) is 13.9 Å². The van der Waals surface area contributed by atoms with Crippen molar-refractivity contribution in [2.75, 3.05) is 30.8 Å². The Balaban J connectivity index is 2.14. The molecule has 2 amide bonds. The second-order valence-corrected chi connectivity index (χ2v) is 10.6. The van der Waals surface area contributed by atoms with Crippen molar-refractivity contribution >= 4 is 39.1 Å². The number of methoxy groups -OCH3 is 1. The van der Waals surface area contributed by atoms with E-state index in [2.05, 4.69) is 5.32 Å². The molecule has 192 valence electrons. The fourth-order valence-electron chi connectivity index (χ4n) is 3.52. The maximum absolute atomic E-state index is 13.2. The van der Waals surface area contributed by atoms with Gasteiger partial charge in [0.05, 0.1) is 19.1 Å². The highest BCUT2D eigenvalue weighted by atomic mass is 35.5. The van der Waals surface area contributed by atoms with Crippen molar-refractivity contribution in [2.45, 2.75) is 45.7 Å². The summed E-state index contributed by atoms with van der Waals surface area (Å²) < 4.78 is 31.1. The molecule has 0 fully saturated rings. The van der Waals surface area contributed by atoms with Gasteiger partial charge in [0.1, 0.15) is 11.8 Å². The minimum Gasteiger partial charge on any atom is -0.497 e. The largest absolute Gasteiger partial charge is 0.497 e. The van der Waals surface area contributed by atoms with Crippen molar-refractivity contribution in [3.8, 4) is 5.75 Å². The van der Waals surface area contributed by atoms with Crippen molar-refractivity contribution in [1.82, 2.24) is 10.2 Å². The highest BCUT2D eigenvalue weighted by molar-refractivity contribution is 7.92. The number of benzene rings is 2. The van der Waals surface area contributed by atoms with Gasteiger partial charge in [0, 0.05) is 31.1 Å². The molecule has 0 heterocycles. The lowest BCUT2D eigenvalue weighted by atomic mass is 10.1. The molecule has 0 aliphatic heterocycles. The molecule has 0 spiro atoms. The van der Waals surface area contributed by atoms with Crippen molar-refractivity contribution in [3.63, 3.8) is 0 Å². The first-order valence-electron chi connectivity index (χ1n) is 11.5. The molecule has 0 radical (unpaired) electrons. The Morgan fingerprint density at radius 3 is 2.26 bits per heavy atom. The number of nitrogens with zero attached hydrogens (tertiary/aromatic N) is 2. The van der Waals surface area contributed by atoms with Gasteiger partial charge in [0.25, 0.3) is 0 Å². The van der Waals surface area contributed by atoms with Gasteiger partial charge in [0.15, 0.2) is 0 Å². The van der Waals surface area contributed by atoms with Crippen LogP contribution in [-0.2, 0) is 26.2 Å². The number of ether oxygens (including phenoxy) is 1. The van der Waals surface area contributed by atoms with Crippen LogP contribution in [0, 0.1) is 0 Å². The predicted octanol–water partition coefficient (Wildman–Crippen LogP) is 3.84. The first-order chi connectivity index (χ1) is 16.6. The van der Waals surface area contributed by atoms with E-state index < -0.39 is 16.1 Å². The molecule has 8 nitrogen and oxygen atoms in total. The second-order valence-electron chi connectivity index (χ2n) is 8.25. The molecule has 0 aliphatic carbocycles. The fraction of sp³-hybridized carbons (Fsp3) is 0.440. The Bertz CT molecular complexity index is 1080. The molecular weight excluding hydrogens is 490 g/mol. The minimum atomic E-state index is -3.55. The Morgan fingerprint density at radius 2 is 1.71 bits per heavy atom. The molecule has 0 aliphatic rings. The normalized spacial score (nSPS) is 12.0. The number of hydrogen-bond acceptors (Lipinski definition) is 5. The summed E-state index contributed by atoms with van der Waals surface area (Å²) in [6.07, 6.45) is 2.29. The Morgan fingerprint density at radius 1 is 1.09 bits per heavy atom. The SMILES string of the molecule is CCCNC(=O)[C@H](C)N(Cc1ccc(OC)cc1)C(=O)CCCN(c1ccc(Cl)cc1)S(C)(=O)=O. The number of hydrogen-bond donors (Lipinski definition) is 1. The molecule has 0 saturated carbocycles. The van der Waals surface area contributed by atoms with E-state index >= 15 is 0 Å². The number of sulfonamides is 1. The maximum Gasteiger partial charge on any atom is 0.242 e. The van der Waals surface area contributed by atoms with E-state index in [1.807, 2.05) is 19.1 Å². The third-order valence-corrected chi connectivity index (χ3v) is 6.94. The highest BCUT2D eigenvalue weighted by Crippen LogP contribution is 2.22. The molecule has 0 saturated heterocycles. The van der Waals surface area contributed by atoms with Crippen molar-refractivity contribution in [3.05, 3.63) is 59.1 Å². The zero-order chi connectivity index (χ0) is 26.0. The molecular formula is C25H34ClN3O5S. The molecule has 2 aromatic carbocycles. The van der Waals surface area contributed by atoms with Gasteiger partial charge >= 0.3 is 0 Å². The number of carbonyl (C=O) groups is 2. The second kappa shape index (κ2) is 13.3. The number of carbonyl (C=O) groups excluding carboxylic acids is 2. The van der Waals surface area contributed by atoms with Crippen LogP contribution in [0.4, 0.5) is 5.69 Å². The molecule has 1 N–H and O–H groups in total. The van der Waals surface area contributed by atoms with Crippen LogP contribution in [-0.4, -0.2) is 57.6 Å². The van der Waals surface area contributed by atoms with Crippen LogP contribution in [0.25, 0.3) is 0 Å². The standard InChI is InChI=1S/C25H34ClN3O5S/c1-5-16-27-25(31)19(2)28(18-20-8-14-23(34-3)15-9-20)24(30)7-6-17-29(35(4,32)33)22-12-10-21(26)11-13-22/h8-15,19H,5-7,16-18H2,1-4H3,(H,27,31)/t19-/m0/s1. The number of rotatable bonds is 13. The van der Waals surface area contributed by atoms with E-state index in [1.54, 1.807) is 50.4 Å². The third kappa shape index (κ3) is 8.74. The minimum absolute atomic E-state index is 0.0845. The Labute approximate surface area is 213 Å². The summed E-state index contributed by atoms with van der Waals surface area (Å²) >= 11 is 5.92. The monoisotopic (exact) mass is 523 g/mol. The molecule has 1 atom stereocenters. The van der Waals surface area contributed by atoms with Crippen LogP contribution < -0.4 is 14.4 Å². The lowest BCUT2D eigenvalue weighted by Gasteiger charge is -2.29. The van der Waals surface area contributed by atoms with Gasteiger partial charge < -0.3 is 15.0 Å². The van der Waals surface area contributed by atoms with Gasteiger partial charge in [-0.2, -0.15) is 0 Å². The Kier molecular flexibility index (Phi) is 10.9. The summed E-state index contributed by atoms with van der Waals surface area (Å²) in [5.74, 6) is 0.237. The van der Waals surface area contributed by atoms with Crippen molar-refractivity contribution < 1.29 is 22.7 Å². The van der Waals surface area contributed by atoms with Crippen molar-refractivity contribution in [1.29, 1.82) is 0 Å². The average Bonchev–Trinajstić information content (AvgIpc) is 2.83. The molecule has 0 bridgehead atoms. The summed E-state index contributed by atoms with van der Waals surface area (Å²) in [6.45, 7) is 4.55. The molecule has 10 heteroatoms. The van der Waals surface area contributed by atoms with Crippen LogP contribution in [0.15, 0.2) is 48.5 Å². The maximum atomic E-state index is 13.2. The van der Waals surface area contributed by atoms with E-state index in [0.29, 0.717) is 23.0 Å². The van der Waals surface area contributed by atoms with E-state index in [4.69, 9.17) is 16.3 Å². The summed E-state index contributed by atoms with van der Waals surface area (Å²) in [5.41, 5.74) is 1.33. The summed E-state index contributed by atoms with van der Waals surface area (Å²) in [5, 5.41) is 3.34. The lowest BCUT2D eigenvalue weighted by molar-refractivity contribution is -0.140. The summed E-state index contributed by atoms with van der Waals surface area (Å²) in [4.78, 5) is 27.4. The highest BCUT2D eigenvalue weighted by Gasteiger charge is 2.26. The fourth-order valence-corrected chi connectivity index (χ4v) is 4.61. The third-order valence-electron chi connectivity index (χ3n) is 5.50. The van der Waals surface area contributed by atoms with Gasteiger partial charge in [0.2, 0.25) is 21.8 Å². The number of amides is 2.